The molecule has 3 aliphatic carbocycles. The summed E-state index contributed by atoms with van der Waals surface area (Å²) in [7, 11) is 0. The molecule has 0 aromatic heterocycles. The summed E-state index contributed by atoms with van der Waals surface area (Å²) >= 11 is 0. The van der Waals surface area contributed by atoms with Crippen molar-refractivity contribution in [2.24, 2.45) is 29.6 Å². The zero-order chi connectivity index (χ0) is 22.6. The van der Waals surface area contributed by atoms with Gasteiger partial charge in [0.2, 0.25) is 11.8 Å². The number of carbonyl (C=O) groups is 3. The van der Waals surface area contributed by atoms with E-state index in [2.05, 4.69) is 10.6 Å². The van der Waals surface area contributed by atoms with Crippen LogP contribution >= 0.6 is 0 Å². The van der Waals surface area contributed by atoms with Gasteiger partial charge < -0.3 is 15.7 Å². The minimum absolute atomic E-state index is 0.0355. The summed E-state index contributed by atoms with van der Waals surface area (Å²) in [6.45, 7) is 6.00. The maximum Gasteiger partial charge on any atom is 0.306 e. The van der Waals surface area contributed by atoms with E-state index in [9.17, 15) is 19.5 Å². The fraction of sp³-hybridized carbons (Fsp3) is 0.880. The van der Waals surface area contributed by atoms with Gasteiger partial charge in [0.15, 0.2) is 0 Å². The maximum atomic E-state index is 13.3. The van der Waals surface area contributed by atoms with Crippen LogP contribution in [0.3, 0.4) is 0 Å². The smallest absolute Gasteiger partial charge is 0.306 e. The van der Waals surface area contributed by atoms with Crippen molar-refractivity contribution in [3.63, 3.8) is 0 Å². The lowest BCUT2D eigenvalue weighted by Crippen LogP contribution is -2.48. The molecule has 3 N–H and O–H groups in total. The molecule has 0 aromatic carbocycles. The van der Waals surface area contributed by atoms with E-state index < -0.39 is 5.97 Å². The molecule has 2 amide bonds. The van der Waals surface area contributed by atoms with Gasteiger partial charge in [-0.15, -0.1) is 0 Å². The summed E-state index contributed by atoms with van der Waals surface area (Å²) in [6, 6.07) is 0.135. The van der Waals surface area contributed by atoms with E-state index in [-0.39, 0.29) is 53.0 Å². The van der Waals surface area contributed by atoms with Gasteiger partial charge in [0, 0.05) is 23.4 Å². The molecule has 0 saturated heterocycles. The molecule has 4 atom stereocenters. The first-order valence-electron chi connectivity index (χ1n) is 12.5. The standard InChI is InChI=1S/C25H42N2O4/c1-25(2,3)27-22(28)16-12-14-17(15-13-16)26-23(29)20-10-6-4-8-18(20)19-9-5-7-11-21(19)24(30)31/h16-21H,4-15H2,1-3H3,(H,26,29)(H,27,28)(H,30,31). The molecule has 31 heavy (non-hydrogen) atoms. The summed E-state index contributed by atoms with van der Waals surface area (Å²) in [5.41, 5.74) is -0.217. The number of aliphatic carboxylic acids is 1. The van der Waals surface area contributed by atoms with E-state index in [0.29, 0.717) is 0 Å². The van der Waals surface area contributed by atoms with Crippen molar-refractivity contribution in [1.82, 2.24) is 10.6 Å². The Morgan fingerprint density at radius 3 is 1.77 bits per heavy atom. The molecule has 0 aromatic rings. The highest BCUT2D eigenvalue weighted by Crippen LogP contribution is 2.44. The minimum atomic E-state index is -0.679. The number of hydrogen-bond donors (Lipinski definition) is 3. The molecule has 3 aliphatic rings. The molecule has 0 radical (unpaired) electrons. The lowest BCUT2D eigenvalue weighted by molar-refractivity contribution is -0.148. The Labute approximate surface area is 187 Å². The summed E-state index contributed by atoms with van der Waals surface area (Å²) < 4.78 is 0. The van der Waals surface area contributed by atoms with Gasteiger partial charge in [-0.3, -0.25) is 14.4 Å². The molecule has 3 rings (SSSR count). The third-order valence-electron chi connectivity index (χ3n) is 7.79. The molecule has 3 saturated carbocycles. The van der Waals surface area contributed by atoms with Crippen LogP contribution < -0.4 is 10.6 Å². The molecule has 4 unspecified atom stereocenters. The van der Waals surface area contributed by atoms with Crippen molar-refractivity contribution < 1.29 is 19.5 Å². The first-order chi connectivity index (χ1) is 14.7. The van der Waals surface area contributed by atoms with Crippen LogP contribution in [0.1, 0.15) is 97.8 Å². The number of rotatable bonds is 5. The van der Waals surface area contributed by atoms with Gasteiger partial charge in [0.05, 0.1) is 5.92 Å². The SMILES string of the molecule is CC(C)(C)NC(=O)C1CCC(NC(=O)C2CCCCC2C2CCCCC2C(=O)O)CC1. The lowest BCUT2D eigenvalue weighted by atomic mass is 9.63. The Hall–Kier alpha value is -1.59. The minimum Gasteiger partial charge on any atom is -0.481 e. The van der Waals surface area contributed by atoms with Gasteiger partial charge in [-0.05, 0) is 84.0 Å². The summed E-state index contributed by atoms with van der Waals surface area (Å²) in [4.78, 5) is 37.5. The van der Waals surface area contributed by atoms with Gasteiger partial charge in [0.1, 0.15) is 0 Å². The molecule has 0 aliphatic heterocycles. The Bertz CT molecular complexity index is 648. The maximum absolute atomic E-state index is 13.3. The van der Waals surface area contributed by atoms with Gasteiger partial charge in [0.25, 0.3) is 0 Å². The van der Waals surface area contributed by atoms with E-state index >= 15 is 0 Å². The van der Waals surface area contributed by atoms with Gasteiger partial charge >= 0.3 is 5.97 Å². The molecule has 0 spiro atoms. The Morgan fingerprint density at radius 1 is 0.710 bits per heavy atom. The monoisotopic (exact) mass is 434 g/mol. The van der Waals surface area contributed by atoms with Crippen molar-refractivity contribution in [2.45, 2.75) is 109 Å². The molecular formula is C25H42N2O4. The average Bonchev–Trinajstić information content (AvgIpc) is 2.73. The first-order valence-corrected chi connectivity index (χ1v) is 12.5. The van der Waals surface area contributed by atoms with Crippen LogP contribution in [0.2, 0.25) is 0 Å². The van der Waals surface area contributed by atoms with Crippen molar-refractivity contribution in [3.8, 4) is 0 Å². The van der Waals surface area contributed by atoms with E-state index in [1.807, 2.05) is 20.8 Å². The highest BCUT2D eigenvalue weighted by atomic mass is 16.4. The fourth-order valence-corrected chi connectivity index (χ4v) is 6.26. The van der Waals surface area contributed by atoms with Crippen LogP contribution in [0.15, 0.2) is 0 Å². The molecule has 3 fully saturated rings. The number of carboxylic acid groups (broad SMARTS) is 1. The summed E-state index contributed by atoms with van der Waals surface area (Å²) in [6.07, 6.45) is 11.1. The molecular weight excluding hydrogens is 392 g/mol. The van der Waals surface area contributed by atoms with Crippen molar-refractivity contribution in [3.05, 3.63) is 0 Å². The Balaban J connectivity index is 1.55. The number of carboxylic acids is 1. The van der Waals surface area contributed by atoms with Crippen molar-refractivity contribution in [1.29, 1.82) is 0 Å². The van der Waals surface area contributed by atoms with E-state index in [4.69, 9.17) is 0 Å². The second-order valence-corrected chi connectivity index (χ2v) is 11.2. The van der Waals surface area contributed by atoms with Crippen molar-refractivity contribution >= 4 is 17.8 Å². The quantitative estimate of drug-likeness (QED) is 0.602. The Kier molecular flexibility index (Phi) is 8.03. The summed E-state index contributed by atoms with van der Waals surface area (Å²) in [5, 5.41) is 16.1. The molecule has 6 heteroatoms. The average molecular weight is 435 g/mol. The lowest BCUT2D eigenvalue weighted by Gasteiger charge is -2.41. The van der Waals surface area contributed by atoms with Crippen LogP contribution in [0.4, 0.5) is 0 Å². The van der Waals surface area contributed by atoms with Gasteiger partial charge in [-0.1, -0.05) is 25.7 Å². The zero-order valence-corrected chi connectivity index (χ0v) is 19.6. The number of carbonyl (C=O) groups excluding carboxylic acids is 2. The van der Waals surface area contributed by atoms with E-state index in [0.717, 1.165) is 77.0 Å². The molecule has 176 valence electrons. The second-order valence-electron chi connectivity index (χ2n) is 11.2. The highest BCUT2D eigenvalue weighted by molar-refractivity contribution is 5.80. The number of hydrogen-bond acceptors (Lipinski definition) is 3. The number of amides is 2. The predicted molar refractivity (Wildman–Crippen MR) is 120 cm³/mol. The van der Waals surface area contributed by atoms with Crippen LogP contribution in [0, 0.1) is 29.6 Å². The third-order valence-corrected chi connectivity index (χ3v) is 7.79. The van der Waals surface area contributed by atoms with Crippen LogP contribution in [0.5, 0.6) is 0 Å². The normalized spacial score (nSPS) is 34.5. The van der Waals surface area contributed by atoms with Crippen molar-refractivity contribution in [2.75, 3.05) is 0 Å². The first kappa shape index (κ1) is 24.1. The van der Waals surface area contributed by atoms with E-state index in [1.165, 1.54) is 0 Å². The van der Waals surface area contributed by atoms with Crippen LogP contribution in [0.25, 0.3) is 0 Å². The second kappa shape index (κ2) is 10.4. The van der Waals surface area contributed by atoms with Gasteiger partial charge in [-0.25, -0.2) is 0 Å². The predicted octanol–water partition coefficient (Wildman–Crippen LogP) is 4.27. The van der Waals surface area contributed by atoms with E-state index in [1.54, 1.807) is 0 Å². The molecule has 6 nitrogen and oxygen atoms in total. The molecule has 0 heterocycles. The largest absolute Gasteiger partial charge is 0.481 e. The van der Waals surface area contributed by atoms with Crippen LogP contribution in [-0.2, 0) is 14.4 Å². The zero-order valence-electron chi connectivity index (χ0n) is 19.6. The fourth-order valence-electron chi connectivity index (χ4n) is 6.26. The summed E-state index contributed by atoms with van der Waals surface area (Å²) in [5.74, 6) is -0.397. The third kappa shape index (κ3) is 6.45. The highest BCUT2D eigenvalue weighted by Gasteiger charge is 2.43. The Morgan fingerprint density at radius 2 is 1.23 bits per heavy atom. The molecule has 0 bridgehead atoms. The number of nitrogens with one attached hydrogen (secondary N) is 2. The van der Waals surface area contributed by atoms with Gasteiger partial charge in [-0.2, -0.15) is 0 Å². The van der Waals surface area contributed by atoms with Crippen LogP contribution in [-0.4, -0.2) is 34.5 Å². The topological polar surface area (TPSA) is 95.5 Å².